The molecule has 102 valence electrons. The number of hydrogen-bond acceptors (Lipinski definition) is 3. The predicted molar refractivity (Wildman–Crippen MR) is 74.0 cm³/mol. The van der Waals surface area contributed by atoms with E-state index in [1.54, 1.807) is 0 Å². The lowest BCUT2D eigenvalue weighted by Crippen LogP contribution is -2.19. The van der Waals surface area contributed by atoms with Gasteiger partial charge < -0.3 is 14.3 Å². The summed E-state index contributed by atoms with van der Waals surface area (Å²) < 4.78 is 11.4. The molecule has 19 heavy (non-hydrogen) atoms. The molecule has 1 heterocycles. The summed E-state index contributed by atoms with van der Waals surface area (Å²) in [5.41, 5.74) is 0.814. The number of furan rings is 1. The van der Waals surface area contributed by atoms with Gasteiger partial charge in [-0.1, -0.05) is 37.5 Å². The summed E-state index contributed by atoms with van der Waals surface area (Å²) in [6.45, 7) is 0.324. The van der Waals surface area contributed by atoms with Gasteiger partial charge in [0.15, 0.2) is 0 Å². The van der Waals surface area contributed by atoms with E-state index in [1.165, 1.54) is 19.3 Å². The first-order chi connectivity index (χ1) is 9.33. The zero-order valence-electron chi connectivity index (χ0n) is 11.0. The van der Waals surface area contributed by atoms with E-state index in [-0.39, 0.29) is 0 Å². The van der Waals surface area contributed by atoms with E-state index in [0.717, 1.165) is 23.8 Å². The molecule has 1 N–H and O–H groups in total. The third-order valence-electron chi connectivity index (χ3n) is 3.82. The third-order valence-corrected chi connectivity index (χ3v) is 3.82. The summed E-state index contributed by atoms with van der Waals surface area (Å²) in [6.07, 6.45) is 5.67. The second kappa shape index (κ2) is 5.76. The number of aliphatic hydroxyl groups excluding tert-OH is 1. The molecule has 0 radical (unpaired) electrons. The topological polar surface area (TPSA) is 42.6 Å². The first kappa shape index (κ1) is 12.7. The molecule has 0 saturated heterocycles. The second-order valence-electron chi connectivity index (χ2n) is 5.30. The molecule has 3 rings (SSSR count). The number of aliphatic hydroxyl groups is 1. The predicted octanol–water partition coefficient (Wildman–Crippen LogP) is 3.82. The fourth-order valence-electron chi connectivity index (χ4n) is 2.71. The van der Waals surface area contributed by atoms with Gasteiger partial charge in [0.05, 0.1) is 12.7 Å². The molecule has 0 aliphatic heterocycles. The van der Waals surface area contributed by atoms with Gasteiger partial charge in [0.25, 0.3) is 0 Å². The van der Waals surface area contributed by atoms with Crippen LogP contribution in [0.3, 0.4) is 0 Å². The average Bonchev–Trinajstić information content (AvgIpc) is 2.90. The Balaban J connectivity index is 1.61. The lowest BCUT2D eigenvalue weighted by molar-refractivity contribution is -0.0302. The van der Waals surface area contributed by atoms with Gasteiger partial charge in [-0.25, -0.2) is 0 Å². The molecule has 1 aromatic carbocycles. The Labute approximate surface area is 113 Å². The van der Waals surface area contributed by atoms with Crippen LogP contribution < -0.4 is 0 Å². The van der Waals surface area contributed by atoms with Gasteiger partial charge in [-0.05, 0) is 25.0 Å². The molecule has 1 atom stereocenters. The van der Waals surface area contributed by atoms with Crippen LogP contribution in [0.1, 0.15) is 44.0 Å². The van der Waals surface area contributed by atoms with Crippen molar-refractivity contribution in [2.45, 2.75) is 44.3 Å². The molecule has 1 aliphatic carbocycles. The van der Waals surface area contributed by atoms with Crippen LogP contribution in [-0.4, -0.2) is 17.8 Å². The summed E-state index contributed by atoms with van der Waals surface area (Å²) in [4.78, 5) is 0. The molecule has 1 unspecified atom stereocenters. The average molecular weight is 260 g/mol. The smallest absolute Gasteiger partial charge is 0.136 e. The van der Waals surface area contributed by atoms with Gasteiger partial charge in [-0.3, -0.25) is 0 Å². The summed E-state index contributed by atoms with van der Waals surface area (Å²) in [6, 6.07) is 9.68. The van der Waals surface area contributed by atoms with Gasteiger partial charge in [0.2, 0.25) is 0 Å². The monoisotopic (exact) mass is 260 g/mol. The van der Waals surface area contributed by atoms with E-state index >= 15 is 0 Å². The Hall–Kier alpha value is -1.32. The standard InChI is InChI=1S/C16H20O3/c17-14(11-18-13-7-2-1-3-8-13)16-10-12-6-4-5-9-15(12)19-16/h4-6,9-10,13-14,17H,1-3,7-8,11H2. The van der Waals surface area contributed by atoms with Crippen LogP contribution in [0, 0.1) is 0 Å². The first-order valence-corrected chi connectivity index (χ1v) is 7.11. The molecule has 1 aromatic heterocycles. The van der Waals surface area contributed by atoms with E-state index in [0.29, 0.717) is 18.5 Å². The molecule has 2 aromatic rings. The minimum absolute atomic E-state index is 0.313. The van der Waals surface area contributed by atoms with Crippen molar-refractivity contribution in [1.29, 1.82) is 0 Å². The van der Waals surface area contributed by atoms with Gasteiger partial charge in [0, 0.05) is 5.39 Å². The highest BCUT2D eigenvalue weighted by atomic mass is 16.5. The second-order valence-corrected chi connectivity index (χ2v) is 5.30. The maximum atomic E-state index is 10.1. The molecule has 1 aliphatic rings. The van der Waals surface area contributed by atoms with Gasteiger partial charge >= 0.3 is 0 Å². The summed E-state index contributed by atoms with van der Waals surface area (Å²) >= 11 is 0. The van der Waals surface area contributed by atoms with Crippen LogP contribution in [0.4, 0.5) is 0 Å². The van der Waals surface area contributed by atoms with Crippen LogP contribution in [-0.2, 0) is 4.74 Å². The molecule has 0 amide bonds. The van der Waals surface area contributed by atoms with E-state index in [1.807, 2.05) is 30.3 Å². The minimum Gasteiger partial charge on any atom is -0.458 e. The zero-order valence-corrected chi connectivity index (χ0v) is 11.0. The van der Waals surface area contributed by atoms with Crippen molar-refractivity contribution in [2.75, 3.05) is 6.61 Å². The van der Waals surface area contributed by atoms with Crippen LogP contribution in [0.25, 0.3) is 11.0 Å². The molecular formula is C16H20O3. The number of hydrogen-bond donors (Lipinski definition) is 1. The van der Waals surface area contributed by atoms with Crippen molar-refractivity contribution >= 4 is 11.0 Å². The summed E-state index contributed by atoms with van der Waals surface area (Å²) in [5, 5.41) is 11.2. The Morgan fingerprint density at radius 2 is 2.00 bits per heavy atom. The van der Waals surface area contributed by atoms with Crippen molar-refractivity contribution in [3.05, 3.63) is 36.1 Å². The Morgan fingerprint density at radius 1 is 1.21 bits per heavy atom. The molecule has 3 heteroatoms. The summed E-state index contributed by atoms with van der Waals surface area (Å²) in [5.74, 6) is 0.594. The molecule has 3 nitrogen and oxygen atoms in total. The molecular weight excluding hydrogens is 240 g/mol. The Bertz CT molecular complexity index is 493. The summed E-state index contributed by atoms with van der Waals surface area (Å²) in [7, 11) is 0. The fourth-order valence-corrected chi connectivity index (χ4v) is 2.71. The quantitative estimate of drug-likeness (QED) is 0.908. The van der Waals surface area contributed by atoms with Crippen molar-refractivity contribution in [2.24, 2.45) is 0 Å². The fraction of sp³-hybridized carbons (Fsp3) is 0.500. The maximum Gasteiger partial charge on any atom is 0.136 e. The number of benzene rings is 1. The largest absolute Gasteiger partial charge is 0.458 e. The molecule has 1 saturated carbocycles. The molecule has 0 spiro atoms. The molecule has 0 bridgehead atoms. The van der Waals surface area contributed by atoms with Crippen LogP contribution in [0.15, 0.2) is 34.7 Å². The Kier molecular flexibility index (Phi) is 3.85. The zero-order chi connectivity index (χ0) is 13.1. The number of ether oxygens (including phenoxy) is 1. The van der Waals surface area contributed by atoms with Gasteiger partial charge in [0.1, 0.15) is 17.4 Å². The van der Waals surface area contributed by atoms with E-state index in [2.05, 4.69) is 0 Å². The van der Waals surface area contributed by atoms with E-state index in [9.17, 15) is 5.11 Å². The van der Waals surface area contributed by atoms with Crippen LogP contribution in [0.2, 0.25) is 0 Å². The Morgan fingerprint density at radius 3 is 2.79 bits per heavy atom. The number of rotatable bonds is 4. The van der Waals surface area contributed by atoms with Gasteiger partial charge in [-0.2, -0.15) is 0 Å². The van der Waals surface area contributed by atoms with Crippen LogP contribution >= 0.6 is 0 Å². The highest BCUT2D eigenvalue weighted by Gasteiger charge is 2.18. The SMILES string of the molecule is OC(COC1CCCCC1)c1cc2ccccc2o1. The number of fused-ring (bicyclic) bond motifs is 1. The lowest BCUT2D eigenvalue weighted by atomic mass is 9.98. The van der Waals surface area contributed by atoms with Crippen LogP contribution in [0.5, 0.6) is 0 Å². The third kappa shape index (κ3) is 2.99. The normalized spacial score (nSPS) is 18.8. The van der Waals surface area contributed by atoms with Crippen molar-refractivity contribution in [1.82, 2.24) is 0 Å². The lowest BCUT2D eigenvalue weighted by Gasteiger charge is -2.22. The van der Waals surface area contributed by atoms with E-state index in [4.69, 9.17) is 9.15 Å². The van der Waals surface area contributed by atoms with Gasteiger partial charge in [-0.15, -0.1) is 0 Å². The van der Waals surface area contributed by atoms with E-state index < -0.39 is 6.10 Å². The first-order valence-electron chi connectivity index (χ1n) is 7.11. The molecule has 1 fully saturated rings. The highest BCUT2D eigenvalue weighted by Crippen LogP contribution is 2.26. The number of para-hydroxylation sites is 1. The van der Waals surface area contributed by atoms with Crippen molar-refractivity contribution in [3.63, 3.8) is 0 Å². The maximum absolute atomic E-state index is 10.1. The van der Waals surface area contributed by atoms with Crippen molar-refractivity contribution < 1.29 is 14.3 Å². The highest BCUT2D eigenvalue weighted by molar-refractivity contribution is 5.77. The minimum atomic E-state index is -0.672. The van der Waals surface area contributed by atoms with Crippen molar-refractivity contribution in [3.8, 4) is 0 Å².